The monoisotopic (exact) mass is 242 g/mol. The third-order valence-electron chi connectivity index (χ3n) is 3.50. The molecule has 0 aromatic rings. The van der Waals surface area contributed by atoms with Crippen molar-refractivity contribution in [3.63, 3.8) is 0 Å². The quantitative estimate of drug-likeness (QED) is 0.696. The van der Waals surface area contributed by atoms with E-state index in [4.69, 9.17) is 5.11 Å². The van der Waals surface area contributed by atoms with Crippen LogP contribution in [0.4, 0.5) is 0 Å². The number of nitrogens with one attached hydrogen (secondary N) is 1. The fraction of sp³-hybridized carbons (Fsp3) is 0.833. The molecule has 0 atom stereocenters. The highest BCUT2D eigenvalue weighted by molar-refractivity contribution is 5.78. The Morgan fingerprint density at radius 3 is 2.41 bits per heavy atom. The van der Waals surface area contributed by atoms with Crippen LogP contribution in [0.25, 0.3) is 0 Å². The van der Waals surface area contributed by atoms with Gasteiger partial charge in [0, 0.05) is 26.1 Å². The van der Waals surface area contributed by atoms with E-state index >= 15 is 0 Å². The molecule has 0 aromatic heterocycles. The predicted octanol–water partition coefficient (Wildman–Crippen LogP) is 0.699. The van der Waals surface area contributed by atoms with Crippen molar-refractivity contribution in [1.82, 2.24) is 10.2 Å². The van der Waals surface area contributed by atoms with Crippen molar-refractivity contribution >= 4 is 11.9 Å². The fourth-order valence-electron chi connectivity index (χ4n) is 1.99. The van der Waals surface area contributed by atoms with E-state index in [9.17, 15) is 9.59 Å². The lowest BCUT2D eigenvalue weighted by atomic mass is 9.80. The number of piperidine rings is 1. The molecule has 5 nitrogen and oxygen atoms in total. The Balaban J connectivity index is 2.36. The standard InChI is InChI=1S/C12H22N2O3/c1-3-13-7-4-10(15)14-8-5-12(2,6-9-14)11(16)17/h13H,3-9H2,1-2H3,(H,16,17). The van der Waals surface area contributed by atoms with Gasteiger partial charge in [0.1, 0.15) is 0 Å². The van der Waals surface area contributed by atoms with Crippen molar-refractivity contribution < 1.29 is 14.7 Å². The number of carboxylic acids is 1. The first-order valence-electron chi connectivity index (χ1n) is 6.21. The van der Waals surface area contributed by atoms with E-state index in [1.54, 1.807) is 11.8 Å². The molecule has 1 saturated heterocycles. The lowest BCUT2D eigenvalue weighted by Crippen LogP contribution is -2.45. The maximum absolute atomic E-state index is 11.8. The van der Waals surface area contributed by atoms with Crippen LogP contribution in [0.1, 0.15) is 33.1 Å². The SMILES string of the molecule is CCNCCC(=O)N1CCC(C)(C(=O)O)CC1. The van der Waals surface area contributed by atoms with Gasteiger partial charge in [-0.05, 0) is 26.3 Å². The molecular weight excluding hydrogens is 220 g/mol. The van der Waals surface area contributed by atoms with E-state index in [1.165, 1.54) is 0 Å². The zero-order valence-electron chi connectivity index (χ0n) is 10.7. The third kappa shape index (κ3) is 3.70. The number of hydrogen-bond acceptors (Lipinski definition) is 3. The van der Waals surface area contributed by atoms with Gasteiger partial charge in [-0.1, -0.05) is 6.92 Å². The first kappa shape index (κ1) is 14.0. The molecule has 0 radical (unpaired) electrons. The Morgan fingerprint density at radius 2 is 1.94 bits per heavy atom. The number of carbonyl (C=O) groups is 2. The molecule has 1 rings (SSSR count). The Morgan fingerprint density at radius 1 is 1.35 bits per heavy atom. The van der Waals surface area contributed by atoms with Crippen molar-refractivity contribution in [2.45, 2.75) is 33.1 Å². The molecule has 1 fully saturated rings. The van der Waals surface area contributed by atoms with E-state index in [2.05, 4.69) is 5.32 Å². The van der Waals surface area contributed by atoms with Gasteiger partial charge in [0.25, 0.3) is 0 Å². The summed E-state index contributed by atoms with van der Waals surface area (Å²) in [6.45, 7) is 6.45. The van der Waals surface area contributed by atoms with Crippen LogP contribution in [0.3, 0.4) is 0 Å². The number of nitrogens with zero attached hydrogens (tertiary/aromatic N) is 1. The Kier molecular flexibility index (Phi) is 4.93. The van der Waals surface area contributed by atoms with Crippen molar-refractivity contribution in [3.8, 4) is 0 Å². The molecule has 98 valence electrons. The number of aliphatic carboxylic acids is 1. The van der Waals surface area contributed by atoms with E-state index in [-0.39, 0.29) is 5.91 Å². The molecule has 5 heteroatoms. The number of likely N-dealkylation sites (tertiary alicyclic amines) is 1. The smallest absolute Gasteiger partial charge is 0.309 e. The molecular formula is C12H22N2O3. The van der Waals surface area contributed by atoms with Crippen LogP contribution in [0.15, 0.2) is 0 Å². The molecule has 0 bridgehead atoms. The largest absolute Gasteiger partial charge is 0.481 e. The highest BCUT2D eigenvalue weighted by atomic mass is 16.4. The van der Waals surface area contributed by atoms with Crippen LogP contribution in [0.5, 0.6) is 0 Å². The second-order valence-electron chi connectivity index (χ2n) is 4.85. The van der Waals surface area contributed by atoms with Crippen LogP contribution in [0.2, 0.25) is 0 Å². The lowest BCUT2D eigenvalue weighted by Gasteiger charge is -2.36. The topological polar surface area (TPSA) is 69.6 Å². The Bertz CT molecular complexity index is 283. The average Bonchev–Trinajstić information content (AvgIpc) is 2.30. The van der Waals surface area contributed by atoms with Crippen molar-refractivity contribution in [3.05, 3.63) is 0 Å². The zero-order valence-corrected chi connectivity index (χ0v) is 10.7. The minimum Gasteiger partial charge on any atom is -0.481 e. The number of amides is 1. The highest BCUT2D eigenvalue weighted by Gasteiger charge is 2.37. The number of hydrogen-bond donors (Lipinski definition) is 2. The fourth-order valence-corrected chi connectivity index (χ4v) is 1.99. The van der Waals surface area contributed by atoms with Crippen molar-refractivity contribution in [2.24, 2.45) is 5.41 Å². The van der Waals surface area contributed by atoms with Gasteiger partial charge in [-0.15, -0.1) is 0 Å². The van der Waals surface area contributed by atoms with Crippen LogP contribution < -0.4 is 5.32 Å². The summed E-state index contributed by atoms with van der Waals surface area (Å²) in [5.41, 5.74) is -0.654. The Hall–Kier alpha value is -1.10. The summed E-state index contributed by atoms with van der Waals surface area (Å²) in [6.07, 6.45) is 1.60. The molecule has 0 aromatic carbocycles. The van der Waals surface area contributed by atoms with E-state index in [0.717, 1.165) is 6.54 Å². The van der Waals surface area contributed by atoms with Gasteiger partial charge in [0.2, 0.25) is 5.91 Å². The van der Waals surface area contributed by atoms with Gasteiger partial charge in [0.05, 0.1) is 5.41 Å². The maximum atomic E-state index is 11.8. The second-order valence-corrected chi connectivity index (χ2v) is 4.85. The van der Waals surface area contributed by atoms with Crippen LogP contribution in [0, 0.1) is 5.41 Å². The first-order chi connectivity index (χ1) is 7.99. The van der Waals surface area contributed by atoms with Gasteiger partial charge in [0.15, 0.2) is 0 Å². The summed E-state index contributed by atoms with van der Waals surface area (Å²) in [4.78, 5) is 24.6. The summed E-state index contributed by atoms with van der Waals surface area (Å²) in [5.74, 6) is -0.629. The molecule has 17 heavy (non-hydrogen) atoms. The highest BCUT2D eigenvalue weighted by Crippen LogP contribution is 2.31. The molecule has 2 N–H and O–H groups in total. The van der Waals surface area contributed by atoms with Gasteiger partial charge < -0.3 is 15.3 Å². The van der Waals surface area contributed by atoms with Gasteiger partial charge in [-0.2, -0.15) is 0 Å². The minimum absolute atomic E-state index is 0.124. The zero-order chi connectivity index (χ0) is 12.9. The number of carbonyl (C=O) groups excluding carboxylic acids is 1. The van der Waals surface area contributed by atoms with E-state index < -0.39 is 11.4 Å². The first-order valence-corrected chi connectivity index (χ1v) is 6.21. The summed E-state index contributed by atoms with van der Waals surface area (Å²) in [5, 5.41) is 12.2. The molecule has 1 aliphatic heterocycles. The molecule has 0 aliphatic carbocycles. The minimum atomic E-state index is -0.753. The van der Waals surface area contributed by atoms with Crippen molar-refractivity contribution in [2.75, 3.05) is 26.2 Å². The molecule has 1 heterocycles. The Labute approximate surface area is 102 Å². The molecule has 0 spiro atoms. The van der Waals surface area contributed by atoms with Gasteiger partial charge in [-0.3, -0.25) is 9.59 Å². The number of carboxylic acid groups (broad SMARTS) is 1. The van der Waals surface area contributed by atoms with Crippen molar-refractivity contribution in [1.29, 1.82) is 0 Å². The molecule has 1 aliphatic rings. The lowest BCUT2D eigenvalue weighted by molar-refractivity contribution is -0.153. The normalized spacial score (nSPS) is 19.1. The maximum Gasteiger partial charge on any atom is 0.309 e. The van der Waals surface area contributed by atoms with E-state index in [0.29, 0.717) is 38.9 Å². The molecule has 1 amide bonds. The van der Waals surface area contributed by atoms with Crippen LogP contribution >= 0.6 is 0 Å². The average molecular weight is 242 g/mol. The summed E-state index contributed by atoms with van der Waals surface area (Å²) in [6, 6.07) is 0. The summed E-state index contributed by atoms with van der Waals surface area (Å²) < 4.78 is 0. The summed E-state index contributed by atoms with van der Waals surface area (Å²) in [7, 11) is 0. The van der Waals surface area contributed by atoms with Gasteiger partial charge in [-0.25, -0.2) is 0 Å². The number of rotatable bonds is 5. The molecule has 0 unspecified atom stereocenters. The predicted molar refractivity (Wildman–Crippen MR) is 64.7 cm³/mol. The second kappa shape index (κ2) is 6.00. The van der Waals surface area contributed by atoms with Crippen LogP contribution in [-0.4, -0.2) is 48.1 Å². The van der Waals surface area contributed by atoms with Gasteiger partial charge >= 0.3 is 5.97 Å². The van der Waals surface area contributed by atoms with Crippen LogP contribution in [-0.2, 0) is 9.59 Å². The third-order valence-corrected chi connectivity index (χ3v) is 3.50. The summed E-state index contributed by atoms with van der Waals surface area (Å²) >= 11 is 0. The molecule has 0 saturated carbocycles. The van der Waals surface area contributed by atoms with E-state index in [1.807, 2.05) is 6.92 Å².